The van der Waals surface area contributed by atoms with Crippen LogP contribution in [0, 0.1) is 11.8 Å². The van der Waals surface area contributed by atoms with E-state index in [2.05, 4.69) is 16.6 Å². The van der Waals surface area contributed by atoms with Gasteiger partial charge in [0, 0.05) is 11.9 Å². The second kappa shape index (κ2) is 7.22. The van der Waals surface area contributed by atoms with E-state index in [9.17, 15) is 9.59 Å². The third-order valence-electron chi connectivity index (χ3n) is 2.98. The van der Waals surface area contributed by atoms with Crippen LogP contribution < -0.4 is 5.73 Å². The molecule has 2 N–H and O–H groups in total. The lowest BCUT2D eigenvalue weighted by molar-refractivity contribution is -0.158. The number of methoxy groups -OCH3 is 1. The summed E-state index contributed by atoms with van der Waals surface area (Å²) in [4.78, 5) is 26.3. The monoisotopic (exact) mass is 308 g/mol. The molecule has 1 saturated heterocycles. The van der Waals surface area contributed by atoms with Crippen molar-refractivity contribution in [3.63, 3.8) is 0 Å². The standard InChI is InChI=1S/C14H16N2O4S/c1-19-14(18)12-8-16(5-6-20-12)13(17)10-7-11(21-9-10)3-2-4-15/h7,9,12H,4-6,8,15H2,1H3. The zero-order valence-electron chi connectivity index (χ0n) is 11.6. The second-order valence-electron chi connectivity index (χ2n) is 4.34. The minimum atomic E-state index is -0.720. The van der Waals surface area contributed by atoms with Crippen molar-refractivity contribution in [3.8, 4) is 11.8 Å². The molecule has 0 radical (unpaired) electrons. The number of thiophene rings is 1. The number of hydrogen-bond acceptors (Lipinski definition) is 6. The summed E-state index contributed by atoms with van der Waals surface area (Å²) in [6.07, 6.45) is -0.720. The lowest BCUT2D eigenvalue weighted by atomic mass is 10.2. The van der Waals surface area contributed by atoms with Crippen molar-refractivity contribution in [1.82, 2.24) is 4.90 Å². The van der Waals surface area contributed by atoms with Crippen LogP contribution in [-0.2, 0) is 14.3 Å². The minimum Gasteiger partial charge on any atom is -0.467 e. The van der Waals surface area contributed by atoms with E-state index in [0.29, 0.717) is 18.7 Å². The highest BCUT2D eigenvalue weighted by Gasteiger charge is 2.30. The number of esters is 1. The van der Waals surface area contributed by atoms with Crippen molar-refractivity contribution in [2.75, 3.05) is 33.4 Å². The SMILES string of the molecule is COC(=O)C1CN(C(=O)c2csc(C#CCN)c2)CCO1. The molecule has 0 saturated carbocycles. The molecule has 0 aliphatic carbocycles. The van der Waals surface area contributed by atoms with E-state index in [1.165, 1.54) is 18.4 Å². The molecule has 1 unspecified atom stereocenters. The fourth-order valence-electron chi connectivity index (χ4n) is 1.94. The molecule has 0 aromatic carbocycles. The molecule has 6 nitrogen and oxygen atoms in total. The van der Waals surface area contributed by atoms with E-state index >= 15 is 0 Å². The van der Waals surface area contributed by atoms with Crippen molar-refractivity contribution in [2.45, 2.75) is 6.10 Å². The Balaban J connectivity index is 2.05. The van der Waals surface area contributed by atoms with E-state index in [4.69, 9.17) is 10.5 Å². The first-order valence-electron chi connectivity index (χ1n) is 6.42. The summed E-state index contributed by atoms with van der Waals surface area (Å²) in [5.74, 6) is 5.04. The molecule has 0 bridgehead atoms. The van der Waals surface area contributed by atoms with Crippen molar-refractivity contribution >= 4 is 23.2 Å². The number of ether oxygens (including phenoxy) is 2. The van der Waals surface area contributed by atoms with E-state index in [1.807, 2.05) is 0 Å². The highest BCUT2D eigenvalue weighted by molar-refractivity contribution is 7.10. The van der Waals surface area contributed by atoms with Gasteiger partial charge in [-0.2, -0.15) is 0 Å². The number of carbonyl (C=O) groups excluding carboxylic acids is 2. The zero-order valence-corrected chi connectivity index (χ0v) is 12.4. The Morgan fingerprint density at radius 1 is 1.62 bits per heavy atom. The normalized spacial score (nSPS) is 17.8. The molecule has 7 heteroatoms. The predicted molar refractivity (Wildman–Crippen MR) is 77.9 cm³/mol. The van der Waals surface area contributed by atoms with Gasteiger partial charge in [-0.1, -0.05) is 11.8 Å². The van der Waals surface area contributed by atoms with Crippen LogP contribution in [0.5, 0.6) is 0 Å². The molecule has 1 aliphatic rings. The van der Waals surface area contributed by atoms with Crippen LogP contribution in [0.25, 0.3) is 0 Å². The molecule has 0 spiro atoms. The van der Waals surface area contributed by atoms with Crippen molar-refractivity contribution in [2.24, 2.45) is 5.73 Å². The number of carbonyl (C=O) groups is 2. The lowest BCUT2D eigenvalue weighted by Crippen LogP contribution is -2.48. The van der Waals surface area contributed by atoms with Gasteiger partial charge in [-0.25, -0.2) is 4.79 Å². The Hall–Kier alpha value is -1.88. The smallest absolute Gasteiger partial charge is 0.336 e. The van der Waals surface area contributed by atoms with Gasteiger partial charge in [0.15, 0.2) is 6.10 Å². The first-order valence-corrected chi connectivity index (χ1v) is 7.30. The summed E-state index contributed by atoms with van der Waals surface area (Å²) < 4.78 is 9.95. The van der Waals surface area contributed by atoms with Crippen LogP contribution in [0.3, 0.4) is 0 Å². The Labute approximate surface area is 126 Å². The maximum Gasteiger partial charge on any atom is 0.336 e. The first-order chi connectivity index (χ1) is 10.2. The van der Waals surface area contributed by atoms with Gasteiger partial charge in [0.2, 0.25) is 0 Å². The van der Waals surface area contributed by atoms with E-state index in [-0.39, 0.29) is 19.0 Å². The summed E-state index contributed by atoms with van der Waals surface area (Å²) in [5, 5.41) is 1.76. The average Bonchev–Trinajstić information content (AvgIpc) is 3.00. The van der Waals surface area contributed by atoms with E-state index in [1.54, 1.807) is 16.3 Å². The molecule has 1 aliphatic heterocycles. The van der Waals surface area contributed by atoms with Crippen LogP contribution in [0.2, 0.25) is 0 Å². The third kappa shape index (κ3) is 3.82. The summed E-state index contributed by atoms with van der Waals surface area (Å²) in [7, 11) is 1.30. The summed E-state index contributed by atoms with van der Waals surface area (Å²) in [6.45, 7) is 1.25. The summed E-state index contributed by atoms with van der Waals surface area (Å²) in [6, 6.07) is 1.73. The van der Waals surface area contributed by atoms with Crippen LogP contribution in [0.4, 0.5) is 0 Å². The maximum absolute atomic E-state index is 12.4. The molecule has 1 fully saturated rings. The molecule has 1 amide bonds. The Morgan fingerprint density at radius 2 is 2.43 bits per heavy atom. The number of nitrogens with two attached hydrogens (primary N) is 1. The predicted octanol–water partition coefficient (Wildman–Crippen LogP) is 0.0723. The van der Waals surface area contributed by atoms with Gasteiger partial charge in [-0.05, 0) is 6.07 Å². The summed E-state index contributed by atoms with van der Waals surface area (Å²) in [5.41, 5.74) is 5.88. The highest BCUT2D eigenvalue weighted by Crippen LogP contribution is 2.17. The number of morpholine rings is 1. The van der Waals surface area contributed by atoms with Crippen molar-refractivity contribution in [1.29, 1.82) is 0 Å². The number of amides is 1. The Morgan fingerprint density at radius 3 is 3.14 bits per heavy atom. The van der Waals surface area contributed by atoms with Gasteiger partial charge in [-0.15, -0.1) is 11.3 Å². The molecule has 21 heavy (non-hydrogen) atoms. The van der Waals surface area contributed by atoms with E-state index in [0.717, 1.165) is 4.88 Å². The molecule has 1 aromatic heterocycles. The molecule has 1 aromatic rings. The van der Waals surface area contributed by atoms with Crippen LogP contribution in [0.1, 0.15) is 15.2 Å². The van der Waals surface area contributed by atoms with Crippen LogP contribution in [-0.4, -0.2) is 56.2 Å². The van der Waals surface area contributed by atoms with Gasteiger partial charge in [-0.3, -0.25) is 4.79 Å². The molecular weight excluding hydrogens is 292 g/mol. The topological polar surface area (TPSA) is 81.9 Å². The average molecular weight is 308 g/mol. The second-order valence-corrected chi connectivity index (χ2v) is 5.25. The van der Waals surface area contributed by atoms with Crippen LogP contribution in [0.15, 0.2) is 11.4 Å². The summed E-state index contributed by atoms with van der Waals surface area (Å²) >= 11 is 1.39. The zero-order chi connectivity index (χ0) is 15.2. The fourth-order valence-corrected chi connectivity index (χ4v) is 2.69. The molecular formula is C14H16N2O4S. The van der Waals surface area contributed by atoms with Gasteiger partial charge in [0.25, 0.3) is 5.91 Å². The minimum absolute atomic E-state index is 0.135. The van der Waals surface area contributed by atoms with Gasteiger partial charge in [0.05, 0.1) is 37.2 Å². The Bertz CT molecular complexity index is 587. The fraction of sp³-hybridized carbons (Fsp3) is 0.429. The molecule has 2 heterocycles. The van der Waals surface area contributed by atoms with Crippen LogP contribution >= 0.6 is 11.3 Å². The molecule has 2 rings (SSSR count). The third-order valence-corrected chi connectivity index (χ3v) is 3.82. The van der Waals surface area contributed by atoms with Gasteiger partial charge in [0.1, 0.15) is 0 Å². The van der Waals surface area contributed by atoms with Crippen molar-refractivity contribution in [3.05, 3.63) is 21.9 Å². The molecule has 1 atom stereocenters. The highest BCUT2D eigenvalue weighted by atomic mass is 32.1. The first kappa shape index (κ1) is 15.5. The maximum atomic E-state index is 12.4. The Kier molecular flexibility index (Phi) is 5.33. The number of rotatable bonds is 2. The lowest BCUT2D eigenvalue weighted by Gasteiger charge is -2.31. The van der Waals surface area contributed by atoms with Gasteiger partial charge < -0.3 is 20.1 Å². The largest absolute Gasteiger partial charge is 0.467 e. The molecule has 112 valence electrons. The van der Waals surface area contributed by atoms with Gasteiger partial charge >= 0.3 is 5.97 Å². The van der Waals surface area contributed by atoms with Crippen molar-refractivity contribution < 1.29 is 19.1 Å². The van der Waals surface area contributed by atoms with E-state index < -0.39 is 12.1 Å². The number of nitrogens with zero attached hydrogens (tertiary/aromatic N) is 1. The quantitative estimate of drug-likeness (QED) is 0.618. The number of hydrogen-bond donors (Lipinski definition) is 1.